The molecule has 2 aromatic rings. The molecule has 2 aromatic carbocycles. The first-order valence-corrected chi connectivity index (χ1v) is 7.46. The number of ether oxygens (including phenoxy) is 1. The molecule has 0 aromatic heterocycles. The molecule has 0 spiro atoms. The Balaban J connectivity index is 2.68. The summed E-state index contributed by atoms with van der Waals surface area (Å²) >= 11 is 0. The zero-order valence-electron chi connectivity index (χ0n) is 14.0. The Labute approximate surface area is 144 Å². The van der Waals surface area contributed by atoms with E-state index < -0.39 is 11.5 Å². The number of methoxy groups -OCH3 is 1. The van der Waals surface area contributed by atoms with Crippen molar-refractivity contribution in [1.29, 1.82) is 0 Å². The molecule has 0 fully saturated rings. The third kappa shape index (κ3) is 3.33. The molecular formula is C19H18O6. The zero-order valence-corrected chi connectivity index (χ0v) is 14.0. The fourth-order valence-corrected chi connectivity index (χ4v) is 2.49. The van der Waals surface area contributed by atoms with Crippen LogP contribution in [0.2, 0.25) is 0 Å². The van der Waals surface area contributed by atoms with E-state index >= 15 is 0 Å². The molecule has 0 aliphatic carbocycles. The number of carbonyl (C=O) groups excluding carboxylic acids is 2. The van der Waals surface area contributed by atoms with Crippen molar-refractivity contribution >= 4 is 17.6 Å². The molecule has 0 atom stereocenters. The van der Waals surface area contributed by atoms with Crippen molar-refractivity contribution < 1.29 is 29.6 Å². The highest BCUT2D eigenvalue weighted by molar-refractivity contribution is 6.17. The van der Waals surface area contributed by atoms with Gasteiger partial charge in [-0.25, -0.2) is 0 Å². The quantitative estimate of drug-likeness (QED) is 0.720. The molecule has 0 radical (unpaired) electrons. The van der Waals surface area contributed by atoms with Gasteiger partial charge in [0.15, 0.2) is 23.1 Å². The molecule has 6 nitrogen and oxygen atoms in total. The van der Waals surface area contributed by atoms with E-state index in [1.165, 1.54) is 38.3 Å². The molecule has 0 unspecified atom stereocenters. The summed E-state index contributed by atoms with van der Waals surface area (Å²) in [6.45, 7) is 3.06. The number of hydrogen-bond donors (Lipinski definition) is 3. The van der Waals surface area contributed by atoms with Gasteiger partial charge in [-0.3, -0.25) is 9.59 Å². The molecule has 0 amide bonds. The maximum absolute atomic E-state index is 12.8. The van der Waals surface area contributed by atoms with Crippen LogP contribution in [-0.2, 0) is 0 Å². The summed E-state index contributed by atoms with van der Waals surface area (Å²) in [4.78, 5) is 24.8. The second-order valence-corrected chi connectivity index (χ2v) is 5.36. The maximum Gasteiger partial charge on any atom is 0.203 e. The number of ketones is 2. The van der Waals surface area contributed by atoms with Gasteiger partial charge in [-0.2, -0.15) is 0 Å². The third-order valence-electron chi connectivity index (χ3n) is 3.70. The van der Waals surface area contributed by atoms with E-state index in [9.17, 15) is 24.9 Å². The molecule has 25 heavy (non-hydrogen) atoms. The maximum atomic E-state index is 12.8. The van der Waals surface area contributed by atoms with Crippen LogP contribution < -0.4 is 4.74 Å². The second-order valence-electron chi connectivity index (χ2n) is 5.36. The summed E-state index contributed by atoms with van der Waals surface area (Å²) < 4.78 is 4.88. The fraction of sp³-hybridized carbons (Fsp3) is 0.158. The minimum absolute atomic E-state index is 0.0544. The van der Waals surface area contributed by atoms with Gasteiger partial charge in [0.2, 0.25) is 5.75 Å². The molecule has 0 saturated carbocycles. The number of phenolic OH excluding ortho intramolecular Hbond substituents is 3. The summed E-state index contributed by atoms with van der Waals surface area (Å²) in [6, 6.07) is 5.02. The number of aromatic hydroxyl groups is 3. The van der Waals surface area contributed by atoms with E-state index in [-0.39, 0.29) is 39.7 Å². The molecule has 0 aliphatic rings. The monoisotopic (exact) mass is 342 g/mol. The third-order valence-corrected chi connectivity index (χ3v) is 3.70. The number of hydrogen-bond acceptors (Lipinski definition) is 6. The lowest BCUT2D eigenvalue weighted by atomic mass is 9.93. The van der Waals surface area contributed by atoms with Gasteiger partial charge in [-0.05, 0) is 38.1 Å². The average Bonchev–Trinajstić information content (AvgIpc) is 2.56. The number of benzene rings is 2. The number of rotatable bonds is 5. The van der Waals surface area contributed by atoms with Gasteiger partial charge in [0.05, 0.1) is 12.7 Å². The van der Waals surface area contributed by atoms with Crippen LogP contribution in [0.15, 0.2) is 30.3 Å². The van der Waals surface area contributed by atoms with Gasteiger partial charge in [-0.1, -0.05) is 12.2 Å². The van der Waals surface area contributed by atoms with Crippen molar-refractivity contribution in [1.82, 2.24) is 0 Å². The highest BCUT2D eigenvalue weighted by Gasteiger charge is 2.24. The lowest BCUT2D eigenvalue weighted by molar-refractivity contribution is 0.0988. The Hall–Kier alpha value is -3.28. The van der Waals surface area contributed by atoms with Crippen molar-refractivity contribution in [2.75, 3.05) is 7.11 Å². The second kappa shape index (κ2) is 7.09. The predicted molar refractivity (Wildman–Crippen MR) is 92.6 cm³/mol. The molecule has 6 heteroatoms. The summed E-state index contributed by atoms with van der Waals surface area (Å²) in [5.74, 6) is -2.32. The topological polar surface area (TPSA) is 104 Å². The lowest BCUT2D eigenvalue weighted by Gasteiger charge is -2.13. The van der Waals surface area contributed by atoms with E-state index in [1.54, 1.807) is 19.1 Å². The van der Waals surface area contributed by atoms with Crippen molar-refractivity contribution in [2.45, 2.75) is 13.8 Å². The Kier molecular flexibility index (Phi) is 5.12. The van der Waals surface area contributed by atoms with Crippen LogP contribution in [0.1, 0.15) is 45.7 Å². The first-order valence-electron chi connectivity index (χ1n) is 7.46. The van der Waals surface area contributed by atoms with Crippen LogP contribution in [0, 0.1) is 0 Å². The van der Waals surface area contributed by atoms with Gasteiger partial charge in [0.25, 0.3) is 0 Å². The number of phenols is 3. The molecule has 130 valence electrons. The first kappa shape index (κ1) is 18.1. The molecule has 3 N–H and O–H groups in total. The van der Waals surface area contributed by atoms with E-state index in [4.69, 9.17) is 4.74 Å². The molecule has 0 saturated heterocycles. The fourth-order valence-electron chi connectivity index (χ4n) is 2.49. The van der Waals surface area contributed by atoms with Crippen LogP contribution in [-0.4, -0.2) is 34.0 Å². The SMILES string of the molecule is C/C=C/c1cc(C(C)=O)c(C(=O)c2ccc(O)c(OC)c2O)cc1O. The summed E-state index contributed by atoms with van der Waals surface area (Å²) in [6.07, 6.45) is 3.30. The molecular weight excluding hydrogens is 324 g/mol. The standard InChI is InChI=1S/C19H18O6/c1-4-5-11-8-13(10(2)20)14(9-16(11)22)17(23)12-6-7-15(21)19(25-3)18(12)24/h4-9,21-22,24H,1-3H3/b5-4+. The smallest absolute Gasteiger partial charge is 0.203 e. The largest absolute Gasteiger partial charge is 0.507 e. The Morgan fingerprint density at radius 2 is 1.68 bits per heavy atom. The molecule has 2 rings (SSSR count). The summed E-state index contributed by atoms with van der Waals surface area (Å²) in [5, 5.41) is 29.9. The zero-order chi connectivity index (χ0) is 18.7. The van der Waals surface area contributed by atoms with E-state index in [0.717, 1.165) is 0 Å². The van der Waals surface area contributed by atoms with Crippen LogP contribution in [0.5, 0.6) is 23.0 Å². The van der Waals surface area contributed by atoms with Gasteiger partial charge in [0.1, 0.15) is 5.75 Å². The van der Waals surface area contributed by atoms with Crippen molar-refractivity contribution in [2.24, 2.45) is 0 Å². The van der Waals surface area contributed by atoms with Crippen molar-refractivity contribution in [3.05, 3.63) is 52.6 Å². The Bertz CT molecular complexity index is 880. The van der Waals surface area contributed by atoms with Gasteiger partial charge < -0.3 is 20.1 Å². The minimum atomic E-state index is -0.677. The van der Waals surface area contributed by atoms with Crippen LogP contribution >= 0.6 is 0 Å². The van der Waals surface area contributed by atoms with Crippen LogP contribution in [0.25, 0.3) is 6.08 Å². The van der Waals surface area contributed by atoms with E-state index in [1.807, 2.05) is 0 Å². The van der Waals surface area contributed by atoms with E-state index in [2.05, 4.69) is 0 Å². The van der Waals surface area contributed by atoms with Gasteiger partial charge in [0, 0.05) is 16.7 Å². The Morgan fingerprint density at radius 3 is 2.24 bits per heavy atom. The number of allylic oxidation sites excluding steroid dienone is 1. The van der Waals surface area contributed by atoms with Crippen molar-refractivity contribution in [3.63, 3.8) is 0 Å². The molecule has 0 aliphatic heterocycles. The molecule has 0 bridgehead atoms. The number of carbonyl (C=O) groups is 2. The van der Waals surface area contributed by atoms with Crippen molar-refractivity contribution in [3.8, 4) is 23.0 Å². The predicted octanol–water partition coefficient (Wildman–Crippen LogP) is 3.28. The lowest BCUT2D eigenvalue weighted by Crippen LogP contribution is -2.09. The highest BCUT2D eigenvalue weighted by Crippen LogP contribution is 2.39. The minimum Gasteiger partial charge on any atom is -0.507 e. The highest BCUT2D eigenvalue weighted by atomic mass is 16.5. The van der Waals surface area contributed by atoms with E-state index in [0.29, 0.717) is 5.56 Å². The average molecular weight is 342 g/mol. The summed E-state index contributed by atoms with van der Waals surface area (Å²) in [5.41, 5.74) is 0.302. The van der Waals surface area contributed by atoms with Crippen LogP contribution in [0.4, 0.5) is 0 Å². The van der Waals surface area contributed by atoms with Crippen LogP contribution in [0.3, 0.4) is 0 Å². The van der Waals surface area contributed by atoms with Gasteiger partial charge in [-0.15, -0.1) is 0 Å². The van der Waals surface area contributed by atoms with Gasteiger partial charge >= 0.3 is 0 Å². The first-order chi connectivity index (χ1) is 11.8. The molecule has 0 heterocycles. The normalized spacial score (nSPS) is 10.8. The summed E-state index contributed by atoms with van der Waals surface area (Å²) in [7, 11) is 1.24. The Morgan fingerprint density at radius 1 is 1.00 bits per heavy atom. The number of Topliss-reactive ketones (excluding diaryl/α,β-unsaturated/α-hetero) is 1.